The van der Waals surface area contributed by atoms with Gasteiger partial charge >= 0.3 is 5.97 Å². The predicted molar refractivity (Wildman–Crippen MR) is 72.9 cm³/mol. The normalized spacial score (nSPS) is 11.2. The fourth-order valence-corrected chi connectivity index (χ4v) is 1.57. The van der Waals surface area contributed by atoms with Crippen LogP contribution in [0, 0.1) is 0 Å². The van der Waals surface area contributed by atoms with E-state index < -0.39 is 0 Å². The van der Waals surface area contributed by atoms with Crippen molar-refractivity contribution < 1.29 is 9.53 Å². The SMILES string of the molecule is CCN(C=C(C)C(=O)OCc1ccccc1)CC. The van der Waals surface area contributed by atoms with Crippen molar-refractivity contribution in [3.05, 3.63) is 47.7 Å². The Hall–Kier alpha value is -1.77. The zero-order chi connectivity index (χ0) is 13.4. The highest BCUT2D eigenvalue weighted by atomic mass is 16.5. The Morgan fingerprint density at radius 2 is 1.83 bits per heavy atom. The minimum absolute atomic E-state index is 0.259. The zero-order valence-electron chi connectivity index (χ0n) is 11.3. The zero-order valence-corrected chi connectivity index (χ0v) is 11.3. The molecule has 0 aliphatic carbocycles. The molecule has 0 radical (unpaired) electrons. The van der Waals surface area contributed by atoms with E-state index in [9.17, 15) is 4.79 Å². The third kappa shape index (κ3) is 4.62. The molecule has 0 fully saturated rings. The molecule has 0 spiro atoms. The van der Waals surface area contributed by atoms with Gasteiger partial charge in [0, 0.05) is 24.9 Å². The molecule has 0 heterocycles. The maximum Gasteiger partial charge on any atom is 0.335 e. The summed E-state index contributed by atoms with van der Waals surface area (Å²) in [5, 5.41) is 0. The summed E-state index contributed by atoms with van der Waals surface area (Å²) in [5.41, 5.74) is 1.64. The Bertz CT molecular complexity index is 394. The van der Waals surface area contributed by atoms with Crippen molar-refractivity contribution in [2.45, 2.75) is 27.4 Å². The van der Waals surface area contributed by atoms with E-state index in [1.165, 1.54) is 0 Å². The van der Waals surface area contributed by atoms with Crippen LogP contribution < -0.4 is 0 Å². The van der Waals surface area contributed by atoms with Gasteiger partial charge in [0.15, 0.2) is 0 Å². The Morgan fingerprint density at radius 1 is 1.22 bits per heavy atom. The molecular formula is C15H21NO2. The van der Waals surface area contributed by atoms with E-state index in [2.05, 4.69) is 18.7 Å². The van der Waals surface area contributed by atoms with Crippen molar-refractivity contribution in [2.24, 2.45) is 0 Å². The number of ether oxygens (including phenoxy) is 1. The number of nitrogens with zero attached hydrogens (tertiary/aromatic N) is 1. The number of carbonyl (C=O) groups excluding carboxylic acids is 1. The van der Waals surface area contributed by atoms with E-state index in [0.717, 1.165) is 18.7 Å². The lowest BCUT2D eigenvalue weighted by molar-refractivity contribution is -0.140. The van der Waals surface area contributed by atoms with Crippen LogP contribution in [-0.4, -0.2) is 24.0 Å². The Labute approximate surface area is 109 Å². The largest absolute Gasteiger partial charge is 0.457 e. The summed E-state index contributed by atoms with van der Waals surface area (Å²) in [6.07, 6.45) is 1.85. The van der Waals surface area contributed by atoms with Gasteiger partial charge in [-0.2, -0.15) is 0 Å². The third-order valence-corrected chi connectivity index (χ3v) is 2.72. The molecule has 0 aromatic heterocycles. The number of carbonyl (C=O) groups is 1. The van der Waals surface area contributed by atoms with E-state index in [1.54, 1.807) is 6.92 Å². The van der Waals surface area contributed by atoms with E-state index in [4.69, 9.17) is 4.74 Å². The number of esters is 1. The highest BCUT2D eigenvalue weighted by molar-refractivity contribution is 5.87. The number of rotatable bonds is 6. The average molecular weight is 247 g/mol. The molecule has 1 rings (SSSR count). The lowest BCUT2D eigenvalue weighted by Crippen LogP contribution is -2.18. The fraction of sp³-hybridized carbons (Fsp3) is 0.400. The first-order chi connectivity index (χ1) is 8.67. The maximum absolute atomic E-state index is 11.8. The summed E-state index contributed by atoms with van der Waals surface area (Å²) >= 11 is 0. The second-order valence-corrected chi connectivity index (χ2v) is 4.10. The van der Waals surface area contributed by atoms with Crippen LogP contribution in [0.5, 0.6) is 0 Å². The van der Waals surface area contributed by atoms with Crippen molar-refractivity contribution in [3.8, 4) is 0 Å². The van der Waals surface area contributed by atoms with Gasteiger partial charge in [0.2, 0.25) is 0 Å². The number of hydrogen-bond acceptors (Lipinski definition) is 3. The summed E-state index contributed by atoms with van der Waals surface area (Å²) in [6, 6.07) is 9.69. The first-order valence-corrected chi connectivity index (χ1v) is 6.30. The summed E-state index contributed by atoms with van der Waals surface area (Å²) in [7, 11) is 0. The molecule has 0 amide bonds. The molecule has 3 heteroatoms. The molecule has 0 saturated heterocycles. The molecule has 1 aromatic rings. The maximum atomic E-state index is 11.8. The van der Waals surface area contributed by atoms with Crippen LogP contribution in [0.4, 0.5) is 0 Å². The lowest BCUT2D eigenvalue weighted by atomic mass is 10.2. The molecule has 3 nitrogen and oxygen atoms in total. The van der Waals surface area contributed by atoms with Crippen LogP contribution in [0.2, 0.25) is 0 Å². The van der Waals surface area contributed by atoms with Crippen LogP contribution >= 0.6 is 0 Å². The fourth-order valence-electron chi connectivity index (χ4n) is 1.57. The minimum atomic E-state index is -0.259. The minimum Gasteiger partial charge on any atom is -0.457 e. The van der Waals surface area contributed by atoms with Crippen LogP contribution in [0.15, 0.2) is 42.1 Å². The van der Waals surface area contributed by atoms with Gasteiger partial charge in [-0.1, -0.05) is 30.3 Å². The third-order valence-electron chi connectivity index (χ3n) is 2.72. The van der Waals surface area contributed by atoms with Gasteiger partial charge in [0.1, 0.15) is 6.61 Å². The number of benzene rings is 1. The molecular weight excluding hydrogens is 226 g/mol. The monoisotopic (exact) mass is 247 g/mol. The molecule has 1 aromatic carbocycles. The standard InChI is InChI=1S/C15H21NO2/c1-4-16(5-2)11-13(3)15(17)18-12-14-9-7-6-8-10-14/h6-11H,4-5,12H2,1-3H3. The summed E-state index contributed by atoms with van der Waals surface area (Å²) in [4.78, 5) is 13.8. The van der Waals surface area contributed by atoms with Crippen molar-refractivity contribution in [3.63, 3.8) is 0 Å². The topological polar surface area (TPSA) is 29.5 Å². The van der Waals surface area contributed by atoms with E-state index >= 15 is 0 Å². The highest BCUT2D eigenvalue weighted by Crippen LogP contribution is 2.05. The quantitative estimate of drug-likeness (QED) is 0.571. The van der Waals surface area contributed by atoms with Crippen LogP contribution in [0.3, 0.4) is 0 Å². The van der Waals surface area contributed by atoms with Crippen molar-refractivity contribution in [2.75, 3.05) is 13.1 Å². The van der Waals surface area contributed by atoms with Gasteiger partial charge in [-0.05, 0) is 26.3 Å². The van der Waals surface area contributed by atoms with E-state index in [0.29, 0.717) is 12.2 Å². The second-order valence-electron chi connectivity index (χ2n) is 4.10. The number of hydrogen-bond donors (Lipinski definition) is 0. The first-order valence-electron chi connectivity index (χ1n) is 6.30. The summed E-state index contributed by atoms with van der Waals surface area (Å²) in [6.45, 7) is 8.00. The molecule has 0 aliphatic rings. The van der Waals surface area contributed by atoms with Crippen molar-refractivity contribution >= 4 is 5.97 Å². The van der Waals surface area contributed by atoms with E-state index in [1.807, 2.05) is 36.5 Å². The van der Waals surface area contributed by atoms with Gasteiger partial charge in [-0.15, -0.1) is 0 Å². The molecule has 0 aliphatic heterocycles. The molecule has 0 atom stereocenters. The lowest BCUT2D eigenvalue weighted by Gasteiger charge is -2.16. The molecule has 0 bridgehead atoms. The smallest absolute Gasteiger partial charge is 0.335 e. The van der Waals surface area contributed by atoms with Gasteiger partial charge in [-0.3, -0.25) is 0 Å². The van der Waals surface area contributed by atoms with Gasteiger partial charge < -0.3 is 9.64 Å². The molecule has 0 saturated carbocycles. The highest BCUT2D eigenvalue weighted by Gasteiger charge is 2.07. The Balaban J connectivity index is 2.50. The van der Waals surface area contributed by atoms with Crippen molar-refractivity contribution in [1.29, 1.82) is 0 Å². The summed E-state index contributed by atoms with van der Waals surface area (Å²) < 4.78 is 5.25. The van der Waals surface area contributed by atoms with Crippen LogP contribution in [-0.2, 0) is 16.1 Å². The predicted octanol–water partition coefficient (Wildman–Crippen LogP) is 2.98. The Morgan fingerprint density at radius 3 is 2.39 bits per heavy atom. The average Bonchev–Trinajstić information content (AvgIpc) is 2.42. The molecule has 98 valence electrons. The molecule has 0 unspecified atom stereocenters. The first kappa shape index (κ1) is 14.3. The van der Waals surface area contributed by atoms with Crippen molar-refractivity contribution in [1.82, 2.24) is 4.90 Å². The summed E-state index contributed by atoms with van der Waals surface area (Å²) in [5.74, 6) is -0.259. The Kier molecular flexibility index (Phi) is 5.98. The second kappa shape index (κ2) is 7.54. The molecule has 0 N–H and O–H groups in total. The van der Waals surface area contributed by atoms with Gasteiger partial charge in [0.25, 0.3) is 0 Å². The van der Waals surface area contributed by atoms with Crippen LogP contribution in [0.25, 0.3) is 0 Å². The van der Waals surface area contributed by atoms with Gasteiger partial charge in [-0.25, -0.2) is 4.79 Å². The molecule has 18 heavy (non-hydrogen) atoms. The van der Waals surface area contributed by atoms with Crippen LogP contribution in [0.1, 0.15) is 26.3 Å². The van der Waals surface area contributed by atoms with E-state index in [-0.39, 0.29) is 5.97 Å². The van der Waals surface area contributed by atoms with Gasteiger partial charge in [0.05, 0.1) is 0 Å².